The molecule has 0 aliphatic rings. The third kappa shape index (κ3) is 28.0. The molecule has 0 aromatic carbocycles. The summed E-state index contributed by atoms with van der Waals surface area (Å²) in [5.41, 5.74) is 5.30. The van der Waals surface area contributed by atoms with Crippen molar-refractivity contribution in [2.45, 2.75) is 129 Å². The van der Waals surface area contributed by atoms with Crippen LogP contribution >= 0.6 is 0 Å². The van der Waals surface area contributed by atoms with Crippen molar-refractivity contribution in [1.29, 1.82) is 0 Å². The van der Waals surface area contributed by atoms with E-state index >= 15 is 0 Å². The predicted molar refractivity (Wildman–Crippen MR) is 130 cm³/mol. The average molecular weight is 494 g/mol. The van der Waals surface area contributed by atoms with Gasteiger partial charge in [-0.05, 0) is 12.8 Å². The molecule has 174 valence electrons. The van der Waals surface area contributed by atoms with Crippen molar-refractivity contribution in [3.05, 3.63) is 0 Å². The van der Waals surface area contributed by atoms with Gasteiger partial charge in [-0.3, -0.25) is 14.4 Å². The SMILES string of the molecule is CCCCCCCCCCCCCCCCCC(=O)OC(=O)CC[C@H](N)C(=O)O.[KH].[KH]. The van der Waals surface area contributed by atoms with Crippen LogP contribution in [0.4, 0.5) is 0 Å². The van der Waals surface area contributed by atoms with Crippen LogP contribution in [0.5, 0.6) is 0 Å². The molecule has 3 N–H and O–H groups in total. The Balaban J connectivity index is -0.00000392. The van der Waals surface area contributed by atoms with Crippen molar-refractivity contribution >= 4 is 121 Å². The van der Waals surface area contributed by atoms with Gasteiger partial charge in [0.05, 0.1) is 0 Å². The summed E-state index contributed by atoms with van der Waals surface area (Å²) in [7, 11) is 0. The Labute approximate surface area is 274 Å². The van der Waals surface area contributed by atoms with E-state index in [1.165, 1.54) is 77.0 Å². The van der Waals surface area contributed by atoms with Gasteiger partial charge in [-0.1, -0.05) is 96.8 Å². The first-order chi connectivity index (χ1) is 14.0. The molecule has 0 saturated heterocycles. The van der Waals surface area contributed by atoms with Gasteiger partial charge in [0, 0.05) is 12.8 Å². The van der Waals surface area contributed by atoms with E-state index in [1.807, 2.05) is 0 Å². The number of nitrogens with two attached hydrogens (primary N) is 1. The van der Waals surface area contributed by atoms with Crippen LogP contribution in [0.1, 0.15) is 122 Å². The van der Waals surface area contributed by atoms with E-state index in [9.17, 15) is 14.4 Å². The van der Waals surface area contributed by atoms with Crippen LogP contribution in [0, 0.1) is 0 Å². The van der Waals surface area contributed by atoms with Crippen LogP contribution in [0.2, 0.25) is 0 Å². The quantitative estimate of drug-likeness (QED) is 0.114. The minimum atomic E-state index is -1.16. The number of aliphatic carboxylic acids is 1. The zero-order valence-corrected chi connectivity index (χ0v) is 18.5. The topological polar surface area (TPSA) is 107 Å². The summed E-state index contributed by atoms with van der Waals surface area (Å²) in [5.74, 6) is -2.40. The summed E-state index contributed by atoms with van der Waals surface area (Å²) in [6.07, 6.45) is 18.9. The number of carbonyl (C=O) groups excluding carboxylic acids is 2. The first kappa shape index (κ1) is 37.4. The summed E-state index contributed by atoms with van der Waals surface area (Å²) in [6, 6.07) is -1.10. The molecule has 1 atom stereocenters. The van der Waals surface area contributed by atoms with Gasteiger partial charge in [0.15, 0.2) is 0 Å². The summed E-state index contributed by atoms with van der Waals surface area (Å²) in [4.78, 5) is 33.6. The van der Waals surface area contributed by atoms with Crippen LogP contribution in [-0.2, 0) is 19.1 Å². The number of ether oxygens (including phenoxy) is 1. The van der Waals surface area contributed by atoms with E-state index < -0.39 is 23.9 Å². The third-order valence-electron chi connectivity index (χ3n) is 5.19. The minimum absolute atomic E-state index is 0. The number of carbonyl (C=O) groups is 3. The molecular weight excluding hydrogens is 448 g/mol. The van der Waals surface area contributed by atoms with Gasteiger partial charge in [-0.15, -0.1) is 0 Å². The number of esters is 2. The molecule has 0 aliphatic heterocycles. The predicted octanol–water partition coefficient (Wildman–Crippen LogP) is 4.21. The molecule has 0 rings (SSSR count). The standard InChI is InChI=1S/C23H43NO5.2K.2H/c1-2-3-4-5-6-7-8-9-10-11-12-13-14-15-16-17-21(25)29-22(26)19-18-20(24)23(27)28;;;;/h20H,2-19,24H2,1H3,(H,27,28);;;;/t20-;;;;/m0..../s1. The third-order valence-corrected chi connectivity index (χ3v) is 5.19. The molecule has 0 heterocycles. The molecule has 0 bridgehead atoms. The fourth-order valence-electron chi connectivity index (χ4n) is 3.27. The van der Waals surface area contributed by atoms with Crippen LogP contribution < -0.4 is 5.73 Å². The Bertz CT molecular complexity index is 450. The van der Waals surface area contributed by atoms with Crippen LogP contribution in [-0.4, -0.2) is 132 Å². The Morgan fingerprint density at radius 3 is 1.42 bits per heavy atom. The normalized spacial score (nSPS) is 11.2. The Morgan fingerprint density at radius 1 is 0.677 bits per heavy atom. The van der Waals surface area contributed by atoms with E-state index in [1.54, 1.807) is 0 Å². The van der Waals surface area contributed by atoms with Gasteiger partial charge >= 0.3 is 121 Å². The molecular formula is C23H45K2NO5. The fraction of sp³-hybridized carbons (Fsp3) is 0.870. The summed E-state index contributed by atoms with van der Waals surface area (Å²) >= 11 is 0. The van der Waals surface area contributed by atoms with Gasteiger partial charge in [0.1, 0.15) is 6.04 Å². The molecule has 0 spiro atoms. The Kier molecular flexibility index (Phi) is 33.9. The van der Waals surface area contributed by atoms with Crippen molar-refractivity contribution in [2.24, 2.45) is 5.73 Å². The zero-order valence-electron chi connectivity index (χ0n) is 18.5. The van der Waals surface area contributed by atoms with Crippen LogP contribution in [0.15, 0.2) is 0 Å². The molecule has 0 fully saturated rings. The first-order valence-corrected chi connectivity index (χ1v) is 11.7. The van der Waals surface area contributed by atoms with Crippen LogP contribution in [0.3, 0.4) is 0 Å². The molecule has 8 heteroatoms. The molecule has 0 radical (unpaired) electrons. The van der Waals surface area contributed by atoms with Crippen LogP contribution in [0.25, 0.3) is 0 Å². The van der Waals surface area contributed by atoms with Crippen molar-refractivity contribution in [2.75, 3.05) is 0 Å². The molecule has 31 heavy (non-hydrogen) atoms. The summed E-state index contributed by atoms with van der Waals surface area (Å²) < 4.78 is 4.67. The van der Waals surface area contributed by atoms with Gasteiger partial charge < -0.3 is 15.6 Å². The zero-order chi connectivity index (χ0) is 21.7. The second-order valence-corrected chi connectivity index (χ2v) is 8.03. The van der Waals surface area contributed by atoms with E-state index in [-0.39, 0.29) is 122 Å². The van der Waals surface area contributed by atoms with Crippen molar-refractivity contribution in [3.63, 3.8) is 0 Å². The monoisotopic (exact) mass is 493 g/mol. The number of hydrogen-bond acceptors (Lipinski definition) is 5. The van der Waals surface area contributed by atoms with E-state index in [0.717, 1.165) is 19.3 Å². The Hall–Kier alpha value is 1.84. The maximum absolute atomic E-state index is 11.6. The second-order valence-electron chi connectivity index (χ2n) is 8.03. The van der Waals surface area contributed by atoms with Gasteiger partial charge in [0.25, 0.3) is 0 Å². The van der Waals surface area contributed by atoms with Crippen molar-refractivity contribution < 1.29 is 24.2 Å². The van der Waals surface area contributed by atoms with Gasteiger partial charge in [0.2, 0.25) is 0 Å². The molecule has 0 aliphatic carbocycles. The number of hydrogen-bond donors (Lipinski definition) is 2. The fourth-order valence-corrected chi connectivity index (χ4v) is 3.27. The van der Waals surface area contributed by atoms with Gasteiger partial charge in [-0.25, -0.2) is 0 Å². The van der Waals surface area contributed by atoms with Crippen molar-refractivity contribution in [3.8, 4) is 0 Å². The number of carboxylic acid groups (broad SMARTS) is 1. The Morgan fingerprint density at radius 2 is 1.03 bits per heavy atom. The van der Waals surface area contributed by atoms with Gasteiger partial charge in [-0.2, -0.15) is 0 Å². The molecule has 0 saturated carbocycles. The molecule has 6 nitrogen and oxygen atoms in total. The summed E-state index contributed by atoms with van der Waals surface area (Å²) in [6.45, 7) is 2.25. The molecule has 0 amide bonds. The number of unbranched alkanes of at least 4 members (excludes halogenated alkanes) is 14. The molecule has 0 aromatic rings. The first-order valence-electron chi connectivity index (χ1n) is 11.7. The van der Waals surface area contributed by atoms with Crippen molar-refractivity contribution in [1.82, 2.24) is 0 Å². The van der Waals surface area contributed by atoms with E-state index in [2.05, 4.69) is 11.7 Å². The molecule has 0 aromatic heterocycles. The molecule has 0 unspecified atom stereocenters. The van der Waals surface area contributed by atoms with E-state index in [0.29, 0.717) is 0 Å². The summed E-state index contributed by atoms with van der Waals surface area (Å²) in [5, 5.41) is 8.63. The van der Waals surface area contributed by atoms with E-state index in [4.69, 9.17) is 10.8 Å². The maximum atomic E-state index is 11.6. The average Bonchev–Trinajstić information content (AvgIpc) is 2.68. The second kappa shape index (κ2) is 28.1. The number of rotatable bonds is 20. The number of carboxylic acids is 1.